The SMILES string of the molecule is Fc1ccc(-c2c(F)cc(OCc3ccccc3)cc2F)cc1. The molecule has 0 aromatic heterocycles. The molecule has 0 saturated heterocycles. The summed E-state index contributed by atoms with van der Waals surface area (Å²) in [6.07, 6.45) is 0. The minimum atomic E-state index is -0.750. The van der Waals surface area contributed by atoms with E-state index in [0.29, 0.717) is 0 Å². The van der Waals surface area contributed by atoms with E-state index in [1.165, 1.54) is 12.1 Å². The van der Waals surface area contributed by atoms with Gasteiger partial charge in [0.2, 0.25) is 0 Å². The van der Waals surface area contributed by atoms with E-state index in [2.05, 4.69) is 0 Å². The maximum atomic E-state index is 14.2. The lowest BCUT2D eigenvalue weighted by Crippen LogP contribution is -1.98. The first-order chi connectivity index (χ1) is 11.1. The fourth-order valence-electron chi connectivity index (χ4n) is 2.27. The van der Waals surface area contributed by atoms with E-state index in [1.807, 2.05) is 30.3 Å². The van der Waals surface area contributed by atoms with E-state index in [1.54, 1.807) is 0 Å². The lowest BCUT2D eigenvalue weighted by atomic mass is 10.0. The first kappa shape index (κ1) is 15.2. The maximum Gasteiger partial charge on any atom is 0.137 e. The van der Waals surface area contributed by atoms with E-state index in [0.717, 1.165) is 29.8 Å². The molecule has 0 saturated carbocycles. The Morgan fingerprint density at radius 3 is 1.96 bits per heavy atom. The summed E-state index contributed by atoms with van der Waals surface area (Å²) in [5.41, 5.74) is 0.976. The van der Waals surface area contributed by atoms with Crippen LogP contribution in [0, 0.1) is 17.5 Å². The van der Waals surface area contributed by atoms with Gasteiger partial charge in [0.25, 0.3) is 0 Å². The lowest BCUT2D eigenvalue weighted by molar-refractivity contribution is 0.303. The van der Waals surface area contributed by atoms with Crippen molar-refractivity contribution in [3.05, 3.63) is 89.7 Å². The second-order valence-corrected chi connectivity index (χ2v) is 5.04. The molecule has 0 aliphatic carbocycles. The van der Waals surface area contributed by atoms with Gasteiger partial charge in [-0.05, 0) is 23.3 Å². The van der Waals surface area contributed by atoms with Crippen LogP contribution >= 0.6 is 0 Å². The van der Waals surface area contributed by atoms with Crippen LogP contribution in [0.3, 0.4) is 0 Å². The molecule has 23 heavy (non-hydrogen) atoms. The van der Waals surface area contributed by atoms with Crippen molar-refractivity contribution in [3.8, 4) is 16.9 Å². The van der Waals surface area contributed by atoms with Crippen LogP contribution in [0.5, 0.6) is 5.75 Å². The van der Waals surface area contributed by atoms with E-state index in [9.17, 15) is 13.2 Å². The predicted molar refractivity (Wildman–Crippen MR) is 82.5 cm³/mol. The molecule has 0 amide bonds. The Morgan fingerprint density at radius 1 is 0.739 bits per heavy atom. The van der Waals surface area contributed by atoms with Gasteiger partial charge in [-0.1, -0.05) is 42.5 Å². The number of hydrogen-bond acceptors (Lipinski definition) is 1. The third kappa shape index (κ3) is 3.54. The van der Waals surface area contributed by atoms with Crippen molar-refractivity contribution in [2.24, 2.45) is 0 Å². The van der Waals surface area contributed by atoms with Gasteiger partial charge in [0.15, 0.2) is 0 Å². The molecular formula is C19H13F3O. The van der Waals surface area contributed by atoms with E-state index >= 15 is 0 Å². The Kier molecular flexibility index (Phi) is 4.33. The average molecular weight is 314 g/mol. The summed E-state index contributed by atoms with van der Waals surface area (Å²) in [4.78, 5) is 0. The fraction of sp³-hybridized carbons (Fsp3) is 0.0526. The van der Waals surface area contributed by atoms with Crippen LogP contribution in [0.1, 0.15) is 5.56 Å². The second-order valence-electron chi connectivity index (χ2n) is 5.04. The third-order valence-corrected chi connectivity index (χ3v) is 3.40. The molecule has 3 aromatic rings. The van der Waals surface area contributed by atoms with Crippen molar-refractivity contribution >= 4 is 0 Å². The molecular weight excluding hydrogens is 301 g/mol. The standard InChI is InChI=1S/C19H13F3O/c20-15-8-6-14(7-9-15)19-17(21)10-16(11-18(19)22)23-12-13-4-2-1-3-5-13/h1-11H,12H2. The molecule has 4 heteroatoms. The third-order valence-electron chi connectivity index (χ3n) is 3.40. The van der Waals surface area contributed by atoms with Gasteiger partial charge >= 0.3 is 0 Å². The number of ether oxygens (including phenoxy) is 1. The highest BCUT2D eigenvalue weighted by molar-refractivity contribution is 5.65. The molecule has 0 atom stereocenters. The largest absolute Gasteiger partial charge is 0.489 e. The Bertz CT molecular complexity index is 776. The van der Waals surface area contributed by atoms with Crippen LogP contribution in [0.4, 0.5) is 13.2 Å². The Labute approximate surface area is 132 Å². The Hall–Kier alpha value is -2.75. The first-order valence-corrected chi connectivity index (χ1v) is 7.05. The van der Waals surface area contributed by atoms with Crippen molar-refractivity contribution in [2.45, 2.75) is 6.61 Å². The average Bonchev–Trinajstić information content (AvgIpc) is 2.55. The summed E-state index contributed by atoms with van der Waals surface area (Å²) in [7, 11) is 0. The highest BCUT2D eigenvalue weighted by Crippen LogP contribution is 2.30. The van der Waals surface area contributed by atoms with Crippen molar-refractivity contribution in [1.82, 2.24) is 0 Å². The van der Waals surface area contributed by atoms with Crippen LogP contribution in [0.25, 0.3) is 11.1 Å². The molecule has 0 spiro atoms. The molecule has 116 valence electrons. The number of benzene rings is 3. The minimum absolute atomic E-state index is 0.106. The number of hydrogen-bond donors (Lipinski definition) is 0. The normalized spacial score (nSPS) is 10.6. The molecule has 1 nitrogen and oxygen atoms in total. The van der Waals surface area contributed by atoms with Crippen molar-refractivity contribution in [2.75, 3.05) is 0 Å². The summed E-state index contributed by atoms with van der Waals surface area (Å²) in [6, 6.07) is 16.6. The van der Waals surface area contributed by atoms with Gasteiger partial charge < -0.3 is 4.74 Å². The number of halogens is 3. The Balaban J connectivity index is 1.84. The lowest BCUT2D eigenvalue weighted by Gasteiger charge is -2.10. The summed E-state index contributed by atoms with van der Waals surface area (Å²) < 4.78 is 46.8. The van der Waals surface area contributed by atoms with Gasteiger partial charge in [-0.3, -0.25) is 0 Å². The molecule has 0 heterocycles. The summed E-state index contributed by atoms with van der Waals surface area (Å²) in [6.45, 7) is 0.218. The van der Waals surface area contributed by atoms with E-state index in [4.69, 9.17) is 4.74 Å². The van der Waals surface area contributed by atoms with Gasteiger partial charge in [0, 0.05) is 12.1 Å². The zero-order chi connectivity index (χ0) is 16.2. The van der Waals surface area contributed by atoms with Crippen LogP contribution in [-0.4, -0.2) is 0 Å². The predicted octanol–water partition coefficient (Wildman–Crippen LogP) is 5.35. The molecule has 0 aliphatic heterocycles. The van der Waals surface area contributed by atoms with Gasteiger partial charge in [-0.25, -0.2) is 13.2 Å². The maximum absolute atomic E-state index is 14.2. The molecule has 0 radical (unpaired) electrons. The Morgan fingerprint density at radius 2 is 1.35 bits per heavy atom. The van der Waals surface area contributed by atoms with E-state index in [-0.39, 0.29) is 23.5 Å². The number of rotatable bonds is 4. The van der Waals surface area contributed by atoms with Crippen LogP contribution in [-0.2, 0) is 6.61 Å². The van der Waals surface area contributed by atoms with Gasteiger partial charge in [-0.15, -0.1) is 0 Å². The van der Waals surface area contributed by atoms with Crippen LogP contribution in [0.15, 0.2) is 66.7 Å². The topological polar surface area (TPSA) is 9.23 Å². The molecule has 0 unspecified atom stereocenters. The fourth-order valence-corrected chi connectivity index (χ4v) is 2.27. The van der Waals surface area contributed by atoms with Crippen molar-refractivity contribution in [1.29, 1.82) is 0 Å². The zero-order valence-electron chi connectivity index (χ0n) is 12.1. The molecule has 0 aliphatic rings. The minimum Gasteiger partial charge on any atom is -0.489 e. The first-order valence-electron chi connectivity index (χ1n) is 7.05. The van der Waals surface area contributed by atoms with Crippen LogP contribution in [0.2, 0.25) is 0 Å². The summed E-state index contributed by atoms with van der Waals surface area (Å²) >= 11 is 0. The highest BCUT2D eigenvalue weighted by Gasteiger charge is 2.14. The molecule has 3 aromatic carbocycles. The van der Waals surface area contributed by atoms with Crippen molar-refractivity contribution < 1.29 is 17.9 Å². The second kappa shape index (κ2) is 6.57. The van der Waals surface area contributed by atoms with E-state index < -0.39 is 17.5 Å². The monoisotopic (exact) mass is 314 g/mol. The summed E-state index contributed by atoms with van der Waals surface area (Å²) in [5.74, 6) is -1.86. The van der Waals surface area contributed by atoms with Gasteiger partial charge in [0.05, 0.1) is 5.56 Å². The summed E-state index contributed by atoms with van der Waals surface area (Å²) in [5, 5.41) is 0. The molecule has 0 N–H and O–H groups in total. The van der Waals surface area contributed by atoms with Gasteiger partial charge in [0.1, 0.15) is 29.8 Å². The van der Waals surface area contributed by atoms with Crippen molar-refractivity contribution in [3.63, 3.8) is 0 Å². The van der Waals surface area contributed by atoms with Gasteiger partial charge in [-0.2, -0.15) is 0 Å². The quantitative estimate of drug-likeness (QED) is 0.631. The highest BCUT2D eigenvalue weighted by atomic mass is 19.1. The molecule has 0 fully saturated rings. The molecule has 3 rings (SSSR count). The smallest absolute Gasteiger partial charge is 0.137 e. The van der Waals surface area contributed by atoms with Crippen LogP contribution < -0.4 is 4.74 Å². The molecule has 0 bridgehead atoms. The zero-order valence-corrected chi connectivity index (χ0v) is 12.1.